The summed E-state index contributed by atoms with van der Waals surface area (Å²) in [6, 6.07) is 6.82. The first kappa shape index (κ1) is 31.5. The largest absolute Gasteiger partial charge is 0.392 e. The van der Waals surface area contributed by atoms with Crippen molar-refractivity contribution < 1.29 is 29.1 Å². The summed E-state index contributed by atoms with van der Waals surface area (Å²) >= 11 is 0. The molecule has 204 valence electrons. The zero-order valence-corrected chi connectivity index (χ0v) is 22.0. The van der Waals surface area contributed by atoms with Gasteiger partial charge in [-0.1, -0.05) is 50.8 Å². The third-order valence-corrected chi connectivity index (χ3v) is 5.21. The van der Waals surface area contributed by atoms with Crippen molar-refractivity contribution in [3.63, 3.8) is 0 Å². The minimum atomic E-state index is -1.16. The lowest BCUT2D eigenvalue weighted by molar-refractivity contribution is -0.148. The minimum absolute atomic E-state index is 0.0310. The van der Waals surface area contributed by atoms with Crippen LogP contribution in [0.2, 0.25) is 0 Å². The molecule has 0 radical (unpaired) electrons. The molecule has 37 heavy (non-hydrogen) atoms. The van der Waals surface area contributed by atoms with Crippen molar-refractivity contribution in [3.8, 4) is 0 Å². The maximum atomic E-state index is 13.5. The molecule has 0 aliphatic rings. The van der Waals surface area contributed by atoms with Crippen LogP contribution >= 0.6 is 0 Å². The molecule has 0 aromatic heterocycles. The lowest BCUT2D eigenvalue weighted by Crippen LogP contribution is -2.57. The Balaban J connectivity index is 3.21. The maximum Gasteiger partial charge on any atom is 0.256 e. The van der Waals surface area contributed by atoms with Gasteiger partial charge >= 0.3 is 0 Å². The molecule has 11 nitrogen and oxygen atoms in total. The van der Waals surface area contributed by atoms with E-state index in [-0.39, 0.29) is 37.4 Å². The molecule has 0 saturated carbocycles. The number of carbonyl (C=O) groups is 5. The van der Waals surface area contributed by atoms with Crippen LogP contribution in [-0.2, 0) is 30.4 Å². The molecular weight excluding hydrogens is 478 g/mol. The molecule has 0 heterocycles. The average molecular weight is 518 g/mol. The van der Waals surface area contributed by atoms with Gasteiger partial charge < -0.3 is 26.8 Å². The van der Waals surface area contributed by atoms with E-state index in [1.54, 1.807) is 24.3 Å². The predicted molar refractivity (Wildman–Crippen MR) is 139 cm³/mol. The molecule has 1 rings (SSSR count). The number of amides is 5. The standard InChI is InChI=1S/C26H39N5O6/c1-16(2)11-21(26(37)31(25(36)17(3)4)15-23(34)28-14-18(5)32)30-24(35)20(29-22(33)13-27)12-19-9-7-6-8-10-19/h6-10,16,18,20-21,32H,3,11-15,27H2,1-2,4-5H3,(H,28,34)(H,29,33)(H,30,35)/t18?,20-,21-/m0/s1. The Labute approximate surface area is 217 Å². The number of imide groups is 1. The van der Waals surface area contributed by atoms with Crippen LogP contribution in [0.25, 0.3) is 0 Å². The summed E-state index contributed by atoms with van der Waals surface area (Å²) in [7, 11) is 0. The van der Waals surface area contributed by atoms with Crippen LogP contribution in [0.4, 0.5) is 0 Å². The number of aliphatic hydroxyl groups is 1. The van der Waals surface area contributed by atoms with E-state index in [2.05, 4.69) is 22.5 Å². The number of hydrogen-bond donors (Lipinski definition) is 5. The zero-order chi connectivity index (χ0) is 28.1. The third kappa shape index (κ3) is 11.4. The van der Waals surface area contributed by atoms with Crippen molar-refractivity contribution in [1.82, 2.24) is 20.9 Å². The SMILES string of the molecule is C=C(C)C(=O)N(CC(=O)NCC(C)O)C(=O)[C@H](CC(C)C)NC(=O)[C@H](Cc1ccccc1)NC(=O)CN. The number of hydrogen-bond acceptors (Lipinski definition) is 7. The zero-order valence-electron chi connectivity index (χ0n) is 22.0. The van der Waals surface area contributed by atoms with Gasteiger partial charge in [-0.2, -0.15) is 0 Å². The summed E-state index contributed by atoms with van der Waals surface area (Å²) in [5.74, 6) is -3.45. The molecule has 0 aliphatic carbocycles. The Kier molecular flexibility index (Phi) is 13.2. The van der Waals surface area contributed by atoms with E-state index in [0.717, 1.165) is 10.5 Å². The quantitative estimate of drug-likeness (QED) is 0.210. The highest BCUT2D eigenvalue weighted by Crippen LogP contribution is 2.12. The number of carbonyl (C=O) groups excluding carboxylic acids is 5. The Hall–Kier alpha value is -3.57. The van der Waals surface area contributed by atoms with E-state index in [1.165, 1.54) is 13.8 Å². The van der Waals surface area contributed by atoms with Crippen LogP contribution in [0.3, 0.4) is 0 Å². The van der Waals surface area contributed by atoms with Gasteiger partial charge in [-0.25, -0.2) is 0 Å². The van der Waals surface area contributed by atoms with Gasteiger partial charge in [0.1, 0.15) is 18.6 Å². The second-order valence-electron chi connectivity index (χ2n) is 9.37. The van der Waals surface area contributed by atoms with Gasteiger partial charge in [-0.3, -0.25) is 28.9 Å². The summed E-state index contributed by atoms with van der Waals surface area (Å²) in [5.41, 5.74) is 6.23. The van der Waals surface area contributed by atoms with Crippen LogP contribution in [0.5, 0.6) is 0 Å². The summed E-state index contributed by atoms with van der Waals surface area (Å²) in [5, 5.41) is 17.1. The second kappa shape index (κ2) is 15.5. The Morgan fingerprint density at radius 3 is 2.14 bits per heavy atom. The van der Waals surface area contributed by atoms with Gasteiger partial charge in [0.15, 0.2) is 0 Å². The van der Waals surface area contributed by atoms with E-state index in [9.17, 15) is 29.1 Å². The molecule has 11 heteroatoms. The number of aliphatic hydroxyl groups excluding tert-OH is 1. The monoisotopic (exact) mass is 517 g/mol. The van der Waals surface area contributed by atoms with E-state index in [0.29, 0.717) is 0 Å². The van der Waals surface area contributed by atoms with Gasteiger partial charge in [0.05, 0.1) is 12.6 Å². The van der Waals surface area contributed by atoms with Crippen molar-refractivity contribution >= 4 is 29.5 Å². The molecular formula is C26H39N5O6. The van der Waals surface area contributed by atoms with Crippen LogP contribution in [0, 0.1) is 5.92 Å². The Bertz CT molecular complexity index is 963. The predicted octanol–water partition coefficient (Wildman–Crippen LogP) is -0.368. The molecule has 1 unspecified atom stereocenters. The van der Waals surface area contributed by atoms with Crippen molar-refractivity contribution in [1.29, 1.82) is 0 Å². The lowest BCUT2D eigenvalue weighted by atomic mass is 10.00. The highest BCUT2D eigenvalue weighted by Gasteiger charge is 2.34. The Morgan fingerprint density at radius 2 is 1.62 bits per heavy atom. The number of nitrogens with zero attached hydrogens (tertiary/aromatic N) is 1. The summed E-state index contributed by atoms with van der Waals surface area (Å²) in [4.78, 5) is 64.7. The second-order valence-corrected chi connectivity index (χ2v) is 9.37. The van der Waals surface area contributed by atoms with E-state index in [4.69, 9.17) is 5.73 Å². The van der Waals surface area contributed by atoms with Gasteiger partial charge in [0.2, 0.25) is 17.7 Å². The first-order valence-electron chi connectivity index (χ1n) is 12.1. The van der Waals surface area contributed by atoms with Gasteiger partial charge in [0.25, 0.3) is 11.8 Å². The smallest absolute Gasteiger partial charge is 0.256 e. The summed E-state index contributed by atoms with van der Waals surface area (Å²) in [6.07, 6.45) is -0.497. The molecule has 0 saturated heterocycles. The number of nitrogens with two attached hydrogens (primary N) is 1. The van der Waals surface area contributed by atoms with E-state index >= 15 is 0 Å². The first-order chi connectivity index (χ1) is 17.3. The fourth-order valence-electron chi connectivity index (χ4n) is 3.41. The maximum absolute atomic E-state index is 13.5. The molecule has 1 aromatic carbocycles. The highest BCUT2D eigenvalue weighted by molar-refractivity contribution is 6.08. The molecule has 0 fully saturated rings. The topological polar surface area (TPSA) is 171 Å². The lowest BCUT2D eigenvalue weighted by Gasteiger charge is -2.29. The van der Waals surface area contributed by atoms with Gasteiger partial charge in [-0.15, -0.1) is 0 Å². The van der Waals surface area contributed by atoms with Crippen LogP contribution in [0.15, 0.2) is 42.5 Å². The van der Waals surface area contributed by atoms with Gasteiger partial charge in [0, 0.05) is 18.5 Å². The molecule has 0 bridgehead atoms. The highest BCUT2D eigenvalue weighted by atomic mass is 16.3. The van der Waals surface area contributed by atoms with Crippen LogP contribution in [0.1, 0.15) is 39.7 Å². The number of benzene rings is 1. The molecule has 1 aromatic rings. The van der Waals surface area contributed by atoms with Gasteiger partial charge in [-0.05, 0) is 31.7 Å². The number of nitrogens with one attached hydrogen (secondary N) is 3. The van der Waals surface area contributed by atoms with Crippen molar-refractivity contribution in [2.24, 2.45) is 11.7 Å². The molecule has 0 spiro atoms. The van der Waals surface area contributed by atoms with Crippen molar-refractivity contribution in [3.05, 3.63) is 48.0 Å². The molecule has 6 N–H and O–H groups in total. The normalized spacial score (nSPS) is 13.2. The van der Waals surface area contributed by atoms with E-state index < -0.39 is 54.3 Å². The van der Waals surface area contributed by atoms with Crippen molar-refractivity contribution in [2.45, 2.75) is 58.7 Å². The first-order valence-corrected chi connectivity index (χ1v) is 12.1. The van der Waals surface area contributed by atoms with E-state index in [1.807, 2.05) is 19.9 Å². The summed E-state index contributed by atoms with van der Waals surface area (Å²) < 4.78 is 0. The van der Waals surface area contributed by atoms with Crippen LogP contribution < -0.4 is 21.7 Å². The molecule has 0 aliphatic heterocycles. The molecule has 5 amide bonds. The summed E-state index contributed by atoms with van der Waals surface area (Å²) in [6.45, 7) is 9.14. The fraction of sp³-hybridized carbons (Fsp3) is 0.500. The van der Waals surface area contributed by atoms with Crippen LogP contribution in [-0.4, -0.2) is 77.4 Å². The van der Waals surface area contributed by atoms with Crippen molar-refractivity contribution in [2.75, 3.05) is 19.6 Å². The molecule has 3 atom stereocenters. The Morgan fingerprint density at radius 1 is 1.00 bits per heavy atom. The number of rotatable bonds is 14. The fourth-order valence-corrected chi connectivity index (χ4v) is 3.41. The third-order valence-electron chi connectivity index (χ3n) is 5.21. The average Bonchev–Trinajstić information content (AvgIpc) is 2.84. The minimum Gasteiger partial charge on any atom is -0.392 e.